The Balaban J connectivity index is 1.50. The van der Waals surface area contributed by atoms with E-state index in [-0.39, 0.29) is 36.0 Å². The quantitative estimate of drug-likeness (QED) is 0.637. The van der Waals surface area contributed by atoms with E-state index < -0.39 is 5.54 Å². The summed E-state index contributed by atoms with van der Waals surface area (Å²) in [6, 6.07) is 5.73. The number of rotatable bonds is 8. The average Bonchev–Trinajstić information content (AvgIpc) is 3.53. The van der Waals surface area contributed by atoms with Crippen LogP contribution in [0.2, 0.25) is 0 Å². The molecule has 0 radical (unpaired) electrons. The van der Waals surface area contributed by atoms with Gasteiger partial charge >= 0.3 is 0 Å². The number of carbonyl (C=O) groups excluding carboxylic acids is 3. The molecule has 4 rings (SSSR count). The van der Waals surface area contributed by atoms with Gasteiger partial charge in [0, 0.05) is 30.1 Å². The first kappa shape index (κ1) is 22.5. The fourth-order valence-electron chi connectivity index (χ4n) is 4.58. The van der Waals surface area contributed by atoms with Gasteiger partial charge in [-0.05, 0) is 44.1 Å². The number of hydrogen-bond donors (Lipinski definition) is 2. The van der Waals surface area contributed by atoms with Crippen molar-refractivity contribution in [2.75, 3.05) is 13.1 Å². The SMILES string of the molecule is CCCN1C(=O)c2cc(C(=O)NCCc3cccs3)nn2C[C@@]1(C)C(=O)NC1CCCC1. The average molecular weight is 458 g/mol. The van der Waals surface area contributed by atoms with Crippen LogP contribution in [0.3, 0.4) is 0 Å². The van der Waals surface area contributed by atoms with Crippen molar-refractivity contribution in [1.82, 2.24) is 25.3 Å². The Bertz CT molecular complexity index is 980. The normalized spacial score (nSPS) is 20.9. The molecule has 0 aromatic carbocycles. The van der Waals surface area contributed by atoms with E-state index in [1.807, 2.05) is 24.4 Å². The summed E-state index contributed by atoms with van der Waals surface area (Å²) in [4.78, 5) is 42.1. The van der Waals surface area contributed by atoms with Crippen LogP contribution in [0.5, 0.6) is 0 Å². The molecule has 2 aliphatic rings. The summed E-state index contributed by atoms with van der Waals surface area (Å²) in [5.74, 6) is -0.711. The molecule has 2 aromatic rings. The van der Waals surface area contributed by atoms with Gasteiger partial charge in [0.15, 0.2) is 5.69 Å². The zero-order valence-corrected chi connectivity index (χ0v) is 19.5. The monoisotopic (exact) mass is 457 g/mol. The van der Waals surface area contributed by atoms with Crippen LogP contribution in [0.4, 0.5) is 0 Å². The Morgan fingerprint density at radius 2 is 2.09 bits per heavy atom. The zero-order valence-electron chi connectivity index (χ0n) is 18.7. The van der Waals surface area contributed by atoms with Crippen molar-refractivity contribution < 1.29 is 14.4 Å². The van der Waals surface area contributed by atoms with Gasteiger partial charge in [0.1, 0.15) is 11.2 Å². The first-order valence-electron chi connectivity index (χ1n) is 11.4. The van der Waals surface area contributed by atoms with Crippen LogP contribution in [0.15, 0.2) is 23.6 Å². The number of amides is 3. The molecule has 2 N–H and O–H groups in total. The predicted molar refractivity (Wildman–Crippen MR) is 123 cm³/mol. The highest BCUT2D eigenvalue weighted by molar-refractivity contribution is 7.09. The molecule has 9 heteroatoms. The van der Waals surface area contributed by atoms with Gasteiger partial charge in [-0.2, -0.15) is 5.10 Å². The van der Waals surface area contributed by atoms with E-state index in [1.165, 1.54) is 9.56 Å². The Labute approximate surface area is 192 Å². The summed E-state index contributed by atoms with van der Waals surface area (Å²) in [5.41, 5.74) is -0.480. The Hall–Kier alpha value is -2.68. The summed E-state index contributed by atoms with van der Waals surface area (Å²) in [7, 11) is 0. The number of thiophene rings is 1. The van der Waals surface area contributed by atoms with Gasteiger partial charge in [-0.15, -0.1) is 11.3 Å². The van der Waals surface area contributed by atoms with E-state index in [9.17, 15) is 14.4 Å². The molecule has 8 nitrogen and oxygen atoms in total. The van der Waals surface area contributed by atoms with Crippen molar-refractivity contribution in [2.24, 2.45) is 0 Å². The van der Waals surface area contributed by atoms with E-state index in [1.54, 1.807) is 29.2 Å². The second-order valence-electron chi connectivity index (χ2n) is 8.84. The van der Waals surface area contributed by atoms with Crippen molar-refractivity contribution >= 4 is 29.1 Å². The van der Waals surface area contributed by atoms with Crippen molar-refractivity contribution in [3.05, 3.63) is 39.8 Å². The Kier molecular flexibility index (Phi) is 6.64. The molecule has 32 heavy (non-hydrogen) atoms. The molecule has 0 bridgehead atoms. The van der Waals surface area contributed by atoms with Gasteiger partial charge in [-0.25, -0.2) is 0 Å². The summed E-state index contributed by atoms with van der Waals surface area (Å²) in [5, 5.41) is 12.4. The van der Waals surface area contributed by atoms with E-state index in [2.05, 4.69) is 15.7 Å². The molecule has 3 amide bonds. The minimum Gasteiger partial charge on any atom is -0.351 e. The lowest BCUT2D eigenvalue weighted by molar-refractivity contribution is -0.133. The van der Waals surface area contributed by atoms with Crippen LogP contribution in [0, 0.1) is 0 Å². The van der Waals surface area contributed by atoms with Crippen molar-refractivity contribution in [1.29, 1.82) is 0 Å². The van der Waals surface area contributed by atoms with Crippen molar-refractivity contribution in [3.8, 4) is 0 Å². The molecule has 3 heterocycles. The van der Waals surface area contributed by atoms with Crippen LogP contribution in [0.25, 0.3) is 0 Å². The summed E-state index contributed by atoms with van der Waals surface area (Å²) in [6.07, 6.45) is 5.68. The smallest absolute Gasteiger partial charge is 0.273 e. The third kappa shape index (κ3) is 4.44. The maximum absolute atomic E-state index is 13.3. The van der Waals surface area contributed by atoms with Crippen LogP contribution in [-0.2, 0) is 17.8 Å². The molecule has 1 aliphatic heterocycles. The van der Waals surface area contributed by atoms with Gasteiger partial charge in [0.2, 0.25) is 5.91 Å². The van der Waals surface area contributed by atoms with E-state index >= 15 is 0 Å². The second kappa shape index (κ2) is 9.44. The van der Waals surface area contributed by atoms with Crippen LogP contribution < -0.4 is 10.6 Å². The number of nitrogens with zero attached hydrogens (tertiary/aromatic N) is 3. The molecule has 2 aromatic heterocycles. The summed E-state index contributed by atoms with van der Waals surface area (Å²) in [6.45, 7) is 4.99. The van der Waals surface area contributed by atoms with E-state index in [0.717, 1.165) is 38.5 Å². The summed E-state index contributed by atoms with van der Waals surface area (Å²) >= 11 is 1.65. The van der Waals surface area contributed by atoms with Gasteiger partial charge in [0.25, 0.3) is 11.8 Å². The molecule has 1 fully saturated rings. The first-order chi connectivity index (χ1) is 15.4. The first-order valence-corrected chi connectivity index (χ1v) is 12.3. The third-order valence-electron chi connectivity index (χ3n) is 6.39. The molecular formula is C23H31N5O3S. The highest BCUT2D eigenvalue weighted by atomic mass is 32.1. The van der Waals surface area contributed by atoms with Gasteiger partial charge in [-0.1, -0.05) is 25.8 Å². The fourth-order valence-corrected chi connectivity index (χ4v) is 5.29. The summed E-state index contributed by atoms with van der Waals surface area (Å²) < 4.78 is 1.52. The number of aromatic nitrogens is 2. The minimum atomic E-state index is -1.04. The molecule has 0 spiro atoms. The number of hydrogen-bond acceptors (Lipinski definition) is 5. The lowest BCUT2D eigenvalue weighted by atomic mass is 9.94. The predicted octanol–water partition coefficient (Wildman–Crippen LogP) is 2.60. The van der Waals surface area contributed by atoms with Crippen molar-refractivity contribution in [2.45, 2.75) is 70.5 Å². The number of fused-ring (bicyclic) bond motifs is 1. The topological polar surface area (TPSA) is 96.3 Å². The second-order valence-corrected chi connectivity index (χ2v) is 9.88. The maximum Gasteiger partial charge on any atom is 0.273 e. The number of carbonyl (C=O) groups is 3. The maximum atomic E-state index is 13.3. The Morgan fingerprint density at radius 3 is 2.78 bits per heavy atom. The Morgan fingerprint density at radius 1 is 1.31 bits per heavy atom. The highest BCUT2D eigenvalue weighted by Crippen LogP contribution is 2.29. The van der Waals surface area contributed by atoms with E-state index in [4.69, 9.17) is 0 Å². The highest BCUT2D eigenvalue weighted by Gasteiger charge is 2.48. The largest absolute Gasteiger partial charge is 0.351 e. The lowest BCUT2D eigenvalue weighted by Gasteiger charge is -2.43. The van der Waals surface area contributed by atoms with Crippen molar-refractivity contribution in [3.63, 3.8) is 0 Å². The third-order valence-corrected chi connectivity index (χ3v) is 7.33. The molecule has 1 aliphatic carbocycles. The molecular weight excluding hydrogens is 426 g/mol. The van der Waals surface area contributed by atoms with Crippen LogP contribution in [-0.4, -0.2) is 57.1 Å². The molecule has 0 saturated heterocycles. The van der Waals surface area contributed by atoms with Gasteiger partial charge < -0.3 is 15.5 Å². The molecule has 172 valence electrons. The standard InChI is InChI=1S/C23H31N5O3S/c1-3-12-27-21(30)19-14-18(20(29)24-11-10-17-9-6-13-32-17)26-28(19)15-23(27,2)22(31)25-16-7-4-5-8-16/h6,9,13-14,16H,3-5,7-8,10-12,15H2,1-2H3,(H,24,29)(H,25,31)/t23-/m0/s1. The molecule has 1 atom stereocenters. The van der Waals surface area contributed by atoms with Gasteiger partial charge in [0.05, 0.1) is 6.54 Å². The number of nitrogens with one attached hydrogen (secondary N) is 2. The molecule has 0 unspecified atom stereocenters. The molecule has 1 saturated carbocycles. The van der Waals surface area contributed by atoms with Gasteiger partial charge in [-0.3, -0.25) is 19.1 Å². The minimum absolute atomic E-state index is 0.144. The fraction of sp³-hybridized carbons (Fsp3) is 0.565. The lowest BCUT2D eigenvalue weighted by Crippen LogP contribution is -2.65. The van der Waals surface area contributed by atoms with Crippen LogP contribution in [0.1, 0.15) is 71.8 Å². The van der Waals surface area contributed by atoms with Crippen LogP contribution >= 0.6 is 11.3 Å². The van der Waals surface area contributed by atoms with E-state index in [0.29, 0.717) is 18.8 Å². The zero-order chi connectivity index (χ0) is 22.7.